The second-order valence-corrected chi connectivity index (χ2v) is 8.41. The number of halogens is 3. The number of fused-ring (bicyclic) bond motifs is 1. The van der Waals surface area contributed by atoms with E-state index in [0.717, 1.165) is 12.4 Å². The van der Waals surface area contributed by atoms with Crippen LogP contribution >= 0.6 is 13.5 Å². The van der Waals surface area contributed by atoms with Crippen LogP contribution in [0.2, 0.25) is 0 Å². The van der Waals surface area contributed by atoms with Crippen molar-refractivity contribution in [1.29, 1.82) is 0 Å². The third-order valence-corrected chi connectivity index (χ3v) is 5.62. The summed E-state index contributed by atoms with van der Waals surface area (Å²) in [7, 11) is 1.84. The second kappa shape index (κ2) is 11.3. The standard InChI is InChI=1S/C20H24F3N7O2.2CH4.H2S/c1-9(2)16-18(31)28-15-10(3)26-19(29-17(15)30(16)4)27-11-5-12(6-11)32-14-7-13(20(21,22)23)24-8-25-14;;;/h7-9,11-12,16H,5-6H2,1-4H3,(H,28,31)(H,26,27,29);2*1H4;1H2/t11?,12?,16-;;;/m0.../s1. The molecule has 0 saturated heterocycles. The highest BCUT2D eigenvalue weighted by Gasteiger charge is 2.37. The molecule has 1 fully saturated rings. The zero-order valence-corrected chi connectivity index (χ0v) is 19.6. The molecular formula is C22H34F3N7O2S. The maximum absolute atomic E-state index is 12.8. The van der Waals surface area contributed by atoms with Gasteiger partial charge in [0, 0.05) is 32.0 Å². The maximum atomic E-state index is 12.8. The first-order valence-electron chi connectivity index (χ1n) is 10.3. The van der Waals surface area contributed by atoms with Crippen LogP contribution in [-0.2, 0) is 11.0 Å². The van der Waals surface area contributed by atoms with Gasteiger partial charge in [-0.05, 0) is 12.8 Å². The lowest BCUT2D eigenvalue weighted by Gasteiger charge is -2.38. The van der Waals surface area contributed by atoms with E-state index in [1.807, 2.05) is 25.8 Å². The molecule has 1 aliphatic carbocycles. The van der Waals surface area contributed by atoms with Crippen molar-refractivity contribution in [1.82, 2.24) is 19.9 Å². The van der Waals surface area contributed by atoms with Crippen LogP contribution < -0.4 is 20.3 Å². The first-order valence-corrected chi connectivity index (χ1v) is 10.3. The summed E-state index contributed by atoms with van der Waals surface area (Å²) < 4.78 is 43.9. The summed E-state index contributed by atoms with van der Waals surface area (Å²) in [5.41, 5.74) is 0.206. The van der Waals surface area contributed by atoms with Crippen LogP contribution in [-0.4, -0.2) is 51.1 Å². The monoisotopic (exact) mass is 517 g/mol. The van der Waals surface area contributed by atoms with Crippen LogP contribution in [0.3, 0.4) is 0 Å². The molecular weight excluding hydrogens is 483 g/mol. The Balaban J connectivity index is 0.00000204. The Hall–Kier alpha value is -2.83. The number of nitrogens with zero attached hydrogens (tertiary/aromatic N) is 5. The zero-order chi connectivity index (χ0) is 23.2. The average Bonchev–Trinajstić information content (AvgIpc) is 2.66. The lowest BCUT2D eigenvalue weighted by molar-refractivity contribution is -0.141. The summed E-state index contributed by atoms with van der Waals surface area (Å²) in [5, 5.41) is 6.14. The minimum atomic E-state index is -4.55. The molecule has 0 bridgehead atoms. The molecule has 0 aromatic carbocycles. The highest BCUT2D eigenvalue weighted by atomic mass is 32.1. The zero-order valence-electron chi connectivity index (χ0n) is 18.6. The van der Waals surface area contributed by atoms with Crippen molar-refractivity contribution in [2.24, 2.45) is 5.92 Å². The first-order chi connectivity index (χ1) is 15.0. The molecule has 1 amide bonds. The van der Waals surface area contributed by atoms with Gasteiger partial charge in [0.2, 0.25) is 17.7 Å². The highest BCUT2D eigenvalue weighted by Crippen LogP contribution is 2.35. The molecule has 2 aromatic heterocycles. The molecule has 0 spiro atoms. The van der Waals surface area contributed by atoms with E-state index in [4.69, 9.17) is 4.74 Å². The fraction of sp³-hybridized carbons (Fsp3) is 0.591. The average molecular weight is 518 g/mol. The molecule has 1 atom stereocenters. The highest BCUT2D eigenvalue weighted by molar-refractivity contribution is 7.59. The predicted molar refractivity (Wildman–Crippen MR) is 134 cm³/mol. The second-order valence-electron chi connectivity index (χ2n) is 8.41. The normalized spacial score (nSPS) is 20.9. The molecule has 9 nitrogen and oxygen atoms in total. The molecule has 2 aromatic rings. The number of aryl methyl sites for hydroxylation is 1. The van der Waals surface area contributed by atoms with E-state index in [2.05, 4.69) is 30.6 Å². The van der Waals surface area contributed by atoms with Crippen molar-refractivity contribution < 1.29 is 22.7 Å². The Labute approximate surface area is 210 Å². The summed E-state index contributed by atoms with van der Waals surface area (Å²) in [6.07, 6.45) is -2.85. The third kappa shape index (κ3) is 6.24. The smallest absolute Gasteiger partial charge is 0.433 e. The van der Waals surface area contributed by atoms with Gasteiger partial charge in [-0.3, -0.25) is 4.79 Å². The van der Waals surface area contributed by atoms with E-state index in [-0.39, 0.29) is 64.2 Å². The van der Waals surface area contributed by atoms with Gasteiger partial charge in [-0.15, -0.1) is 0 Å². The number of amides is 1. The van der Waals surface area contributed by atoms with Crippen LogP contribution in [0.15, 0.2) is 12.4 Å². The summed E-state index contributed by atoms with van der Waals surface area (Å²) >= 11 is 0. The van der Waals surface area contributed by atoms with E-state index in [0.29, 0.717) is 36.0 Å². The molecule has 35 heavy (non-hydrogen) atoms. The fourth-order valence-corrected chi connectivity index (χ4v) is 3.97. The molecule has 2 aliphatic rings. The molecule has 13 heteroatoms. The Kier molecular flexibility index (Phi) is 9.73. The van der Waals surface area contributed by atoms with Crippen molar-refractivity contribution in [3.05, 3.63) is 23.8 Å². The Bertz CT molecular complexity index is 1030. The van der Waals surface area contributed by atoms with Crippen LogP contribution in [0.1, 0.15) is 52.9 Å². The maximum Gasteiger partial charge on any atom is 0.433 e. The molecule has 1 saturated carbocycles. The Morgan fingerprint density at radius 2 is 1.86 bits per heavy atom. The van der Waals surface area contributed by atoms with Crippen molar-refractivity contribution in [2.75, 3.05) is 22.6 Å². The molecule has 2 N–H and O–H groups in total. The van der Waals surface area contributed by atoms with Gasteiger partial charge in [-0.1, -0.05) is 28.7 Å². The van der Waals surface area contributed by atoms with Gasteiger partial charge < -0.3 is 20.3 Å². The number of carbonyl (C=O) groups is 1. The van der Waals surface area contributed by atoms with Gasteiger partial charge >= 0.3 is 6.18 Å². The van der Waals surface area contributed by atoms with Gasteiger partial charge in [0.1, 0.15) is 24.2 Å². The number of rotatable bonds is 5. The van der Waals surface area contributed by atoms with Gasteiger partial charge in [-0.2, -0.15) is 31.7 Å². The SMILES string of the molecule is C.C.Cc1nc(NC2CC(Oc3cc(C(F)(F)F)ncn3)C2)nc2c1NC(=O)[C@H](C(C)C)N2C.S. The van der Waals surface area contributed by atoms with Gasteiger partial charge in [0.05, 0.1) is 5.69 Å². The topological polar surface area (TPSA) is 105 Å². The summed E-state index contributed by atoms with van der Waals surface area (Å²) in [6, 6.07) is 0.470. The van der Waals surface area contributed by atoms with Crippen LogP contribution in [0.4, 0.5) is 30.6 Å². The molecule has 196 valence electrons. The van der Waals surface area contributed by atoms with Crippen LogP contribution in [0, 0.1) is 12.8 Å². The molecule has 4 rings (SSSR count). The van der Waals surface area contributed by atoms with Crippen LogP contribution in [0.5, 0.6) is 5.88 Å². The van der Waals surface area contributed by atoms with E-state index < -0.39 is 11.9 Å². The van der Waals surface area contributed by atoms with Gasteiger partial charge in [0.25, 0.3) is 0 Å². The number of nitrogens with one attached hydrogen (secondary N) is 2. The Morgan fingerprint density at radius 1 is 1.20 bits per heavy atom. The van der Waals surface area contributed by atoms with Gasteiger partial charge in [0.15, 0.2) is 11.5 Å². The number of ether oxygens (including phenoxy) is 1. The lowest BCUT2D eigenvalue weighted by atomic mass is 9.89. The summed E-state index contributed by atoms with van der Waals surface area (Å²) in [5.74, 6) is 0.986. The van der Waals surface area contributed by atoms with E-state index >= 15 is 0 Å². The lowest BCUT2D eigenvalue weighted by Crippen LogP contribution is -2.50. The van der Waals surface area contributed by atoms with E-state index in [9.17, 15) is 18.0 Å². The number of carbonyl (C=O) groups excluding carboxylic acids is 1. The largest absolute Gasteiger partial charge is 0.474 e. The minimum absolute atomic E-state index is 0. The molecule has 0 unspecified atom stereocenters. The molecule has 3 heterocycles. The number of alkyl halides is 3. The van der Waals surface area contributed by atoms with Crippen molar-refractivity contribution in [3.63, 3.8) is 0 Å². The molecule has 1 aliphatic heterocycles. The van der Waals surface area contributed by atoms with Crippen LogP contribution in [0.25, 0.3) is 0 Å². The molecule has 0 radical (unpaired) electrons. The number of aromatic nitrogens is 4. The quantitative estimate of drug-likeness (QED) is 0.601. The summed E-state index contributed by atoms with van der Waals surface area (Å²) in [6.45, 7) is 5.75. The van der Waals surface area contributed by atoms with Crippen molar-refractivity contribution >= 4 is 36.9 Å². The van der Waals surface area contributed by atoms with Crippen molar-refractivity contribution in [2.45, 2.75) is 72.8 Å². The van der Waals surface area contributed by atoms with Gasteiger partial charge in [-0.25, -0.2) is 15.0 Å². The Morgan fingerprint density at radius 3 is 2.46 bits per heavy atom. The number of likely N-dealkylation sites (N-methyl/N-ethyl adjacent to an activating group) is 1. The minimum Gasteiger partial charge on any atom is -0.474 e. The predicted octanol–water partition coefficient (Wildman–Crippen LogP) is 4.41. The third-order valence-electron chi connectivity index (χ3n) is 5.62. The van der Waals surface area contributed by atoms with Crippen molar-refractivity contribution in [3.8, 4) is 5.88 Å². The number of anilines is 3. The van der Waals surface area contributed by atoms with E-state index in [1.54, 1.807) is 6.92 Å². The number of hydrogen-bond donors (Lipinski definition) is 2. The summed E-state index contributed by atoms with van der Waals surface area (Å²) in [4.78, 5) is 30.3. The first kappa shape index (κ1) is 30.2. The number of hydrogen-bond acceptors (Lipinski definition) is 8. The fourth-order valence-electron chi connectivity index (χ4n) is 3.97. The van der Waals surface area contributed by atoms with E-state index in [1.165, 1.54) is 0 Å².